The Bertz CT molecular complexity index is 753. The summed E-state index contributed by atoms with van der Waals surface area (Å²) in [5.74, 6) is 0.666. The van der Waals surface area contributed by atoms with Gasteiger partial charge in [-0.1, -0.05) is 12.1 Å². The Morgan fingerprint density at radius 1 is 0.826 bits per heavy atom. The van der Waals surface area contributed by atoms with Gasteiger partial charge in [-0.25, -0.2) is 4.57 Å². The molecule has 0 saturated heterocycles. The van der Waals surface area contributed by atoms with Crippen molar-refractivity contribution in [1.29, 1.82) is 0 Å². The predicted molar refractivity (Wildman–Crippen MR) is 83.5 cm³/mol. The van der Waals surface area contributed by atoms with Crippen LogP contribution in [0.4, 0.5) is 0 Å². The zero-order valence-corrected chi connectivity index (χ0v) is 15.0. The smallest absolute Gasteiger partial charge is 0.736 e. The van der Waals surface area contributed by atoms with Crippen LogP contribution in [0.5, 0.6) is 11.5 Å². The number of hydrogen-bond acceptors (Lipinski definition) is 4. The van der Waals surface area contributed by atoms with E-state index in [0.29, 0.717) is 17.9 Å². The van der Waals surface area contributed by atoms with Gasteiger partial charge in [0.1, 0.15) is 11.5 Å². The molecule has 4 bridgehead atoms. The number of phosphoric acid groups is 1. The van der Waals surface area contributed by atoms with Crippen molar-refractivity contribution in [1.82, 2.24) is 0 Å². The van der Waals surface area contributed by atoms with Crippen LogP contribution >= 0.6 is 7.82 Å². The molecular weight excluding hydrogens is 306 g/mol. The molecule has 0 amide bonds. The van der Waals surface area contributed by atoms with E-state index in [1.54, 1.807) is 12.1 Å². The molecule has 2 aromatic carbocycles. The molecule has 1 aliphatic rings. The summed E-state index contributed by atoms with van der Waals surface area (Å²) in [7, 11) is -4.46. The molecule has 0 aliphatic carbocycles. The maximum atomic E-state index is 12.2. The van der Waals surface area contributed by atoms with Crippen LogP contribution in [0, 0.1) is 27.7 Å². The van der Waals surface area contributed by atoms with E-state index in [9.17, 15) is 9.46 Å². The Morgan fingerprint density at radius 2 is 1.22 bits per heavy atom. The van der Waals surface area contributed by atoms with Crippen LogP contribution in [0.2, 0.25) is 0 Å². The Hall–Kier alpha value is -1.17. The van der Waals surface area contributed by atoms with Crippen molar-refractivity contribution in [2.24, 2.45) is 0 Å². The third-order valence-corrected chi connectivity index (χ3v) is 4.91. The van der Waals surface area contributed by atoms with Gasteiger partial charge in [-0.3, -0.25) is 0 Å². The van der Waals surface area contributed by atoms with Gasteiger partial charge in [0.05, 0.1) is 0 Å². The number of rotatable bonds is 0. The van der Waals surface area contributed by atoms with Gasteiger partial charge in [0.2, 0.25) is 0 Å². The molecule has 0 N–H and O–H groups in total. The first-order chi connectivity index (χ1) is 10.2. The first-order valence-electron chi connectivity index (χ1n) is 7.16. The fourth-order valence-corrected chi connectivity index (χ4v) is 3.70. The maximum Gasteiger partial charge on any atom is 1.00 e. The van der Waals surface area contributed by atoms with E-state index in [4.69, 9.17) is 9.05 Å². The summed E-state index contributed by atoms with van der Waals surface area (Å²) in [6.45, 7) is 7.70. The molecule has 1 heterocycles. The maximum absolute atomic E-state index is 12.2. The van der Waals surface area contributed by atoms with Crippen LogP contribution in [0.15, 0.2) is 24.3 Å². The van der Waals surface area contributed by atoms with Gasteiger partial charge in [0.15, 0.2) is 0 Å². The molecule has 0 fully saturated rings. The summed E-state index contributed by atoms with van der Waals surface area (Å²) in [5.41, 5.74) is 5.90. The van der Waals surface area contributed by atoms with Crippen LogP contribution in [0.3, 0.4) is 0 Å². The van der Waals surface area contributed by atoms with Crippen molar-refractivity contribution in [3.05, 3.63) is 57.6 Å². The normalized spacial score (nSPS) is 15.0. The summed E-state index contributed by atoms with van der Waals surface area (Å²) in [5, 5.41) is 0. The quantitative estimate of drug-likeness (QED) is 0.530. The largest absolute Gasteiger partial charge is 1.00 e. The average molecular weight is 324 g/mol. The minimum absolute atomic E-state index is 0. The number of hydrogen-bond donors (Lipinski definition) is 0. The molecule has 116 valence electrons. The number of phosphoric ester groups is 1. The molecule has 0 spiro atoms. The summed E-state index contributed by atoms with van der Waals surface area (Å²) in [4.78, 5) is 12.2. The number of aryl methyl sites for hydroxylation is 4. The summed E-state index contributed by atoms with van der Waals surface area (Å²) in [6, 6.07) is 7.47. The van der Waals surface area contributed by atoms with Crippen molar-refractivity contribution in [3.63, 3.8) is 0 Å². The van der Waals surface area contributed by atoms with E-state index < -0.39 is 7.82 Å². The molecular formula is C17H18LiO4P. The summed E-state index contributed by atoms with van der Waals surface area (Å²) < 4.78 is 22.5. The van der Waals surface area contributed by atoms with Crippen molar-refractivity contribution < 1.29 is 37.4 Å². The first kappa shape index (κ1) is 18.2. The number of benzene rings is 2. The molecule has 0 radical (unpaired) electrons. The van der Waals surface area contributed by atoms with E-state index >= 15 is 0 Å². The second-order valence-electron chi connectivity index (χ2n) is 5.89. The molecule has 0 atom stereocenters. The molecule has 2 aromatic rings. The molecule has 0 saturated carbocycles. The fourth-order valence-electron chi connectivity index (χ4n) is 2.79. The average Bonchev–Trinajstić information content (AvgIpc) is 2.39. The standard InChI is InChI=1S/C17H19O4P.Li/c1-10-5-12(3)16-8-14(10)7-15-9-17(13(4)6-11(15)2)21-22(18,19)20-16;/h5-6,8-9H,7H2,1-4H3,(H,18,19);/q;+1/p-1. The molecule has 0 aromatic heterocycles. The Morgan fingerprint density at radius 3 is 1.61 bits per heavy atom. The Balaban J connectivity index is 0.00000192. The summed E-state index contributed by atoms with van der Waals surface area (Å²) >= 11 is 0. The third kappa shape index (κ3) is 3.67. The van der Waals surface area contributed by atoms with Crippen LogP contribution in [0.25, 0.3) is 0 Å². The fraction of sp³-hybridized carbons (Fsp3) is 0.294. The van der Waals surface area contributed by atoms with Gasteiger partial charge in [-0.05, 0) is 79.6 Å². The minimum atomic E-state index is -4.46. The zero-order chi connectivity index (χ0) is 16.1. The molecule has 4 nitrogen and oxygen atoms in total. The molecule has 23 heavy (non-hydrogen) atoms. The van der Waals surface area contributed by atoms with Crippen molar-refractivity contribution >= 4 is 7.82 Å². The minimum Gasteiger partial charge on any atom is -0.736 e. The topological polar surface area (TPSA) is 58.6 Å². The van der Waals surface area contributed by atoms with Gasteiger partial charge in [-0.2, -0.15) is 0 Å². The first-order valence-corrected chi connectivity index (χ1v) is 8.62. The molecule has 6 heteroatoms. The predicted octanol–water partition coefficient (Wildman–Crippen LogP) is 0.755. The summed E-state index contributed by atoms with van der Waals surface area (Å²) in [6.07, 6.45) is 0.716. The van der Waals surface area contributed by atoms with E-state index in [2.05, 4.69) is 0 Å². The van der Waals surface area contributed by atoms with Crippen LogP contribution in [0.1, 0.15) is 33.4 Å². The van der Waals surface area contributed by atoms with E-state index in [0.717, 1.165) is 33.4 Å². The van der Waals surface area contributed by atoms with Crippen molar-refractivity contribution in [2.45, 2.75) is 34.1 Å². The molecule has 3 rings (SSSR count). The second-order valence-corrected chi connectivity index (χ2v) is 7.15. The van der Waals surface area contributed by atoms with Gasteiger partial charge in [0, 0.05) is 0 Å². The molecule has 1 aliphatic heterocycles. The van der Waals surface area contributed by atoms with Gasteiger partial charge in [-0.15, -0.1) is 0 Å². The monoisotopic (exact) mass is 324 g/mol. The van der Waals surface area contributed by atoms with Gasteiger partial charge >= 0.3 is 26.7 Å². The van der Waals surface area contributed by atoms with Crippen LogP contribution < -0.4 is 32.8 Å². The Kier molecular flexibility index (Phi) is 5.04. The Labute approximate surface area is 148 Å². The third-order valence-electron chi connectivity index (χ3n) is 4.07. The zero-order valence-electron chi connectivity index (χ0n) is 14.1. The van der Waals surface area contributed by atoms with Crippen molar-refractivity contribution in [3.8, 4) is 11.5 Å². The second kappa shape index (κ2) is 6.38. The van der Waals surface area contributed by atoms with Gasteiger partial charge in [0.25, 0.3) is 0 Å². The van der Waals surface area contributed by atoms with E-state index in [1.807, 2.05) is 39.8 Å². The van der Waals surface area contributed by atoms with Crippen LogP contribution in [-0.4, -0.2) is 0 Å². The van der Waals surface area contributed by atoms with Crippen LogP contribution in [-0.2, 0) is 11.0 Å². The molecule has 0 unspecified atom stereocenters. The number of fused-ring (bicyclic) bond motifs is 4. The van der Waals surface area contributed by atoms with Crippen molar-refractivity contribution in [2.75, 3.05) is 0 Å². The SMILES string of the molecule is Cc1cc(C)c2cc1Cc1cc(c(C)cc1C)OP(=O)([O-])O2.[Li+]. The van der Waals surface area contributed by atoms with E-state index in [-0.39, 0.29) is 18.9 Å². The van der Waals surface area contributed by atoms with Gasteiger partial charge < -0.3 is 13.9 Å². The van der Waals surface area contributed by atoms with E-state index in [1.165, 1.54) is 0 Å².